The van der Waals surface area contributed by atoms with Gasteiger partial charge in [-0.3, -0.25) is 4.79 Å². The molecule has 1 aliphatic carbocycles. The lowest BCUT2D eigenvalue weighted by atomic mass is 9.84. The van der Waals surface area contributed by atoms with Gasteiger partial charge in [-0.2, -0.15) is 5.10 Å². The maximum absolute atomic E-state index is 13.1. The van der Waals surface area contributed by atoms with E-state index < -0.39 is 5.92 Å². The summed E-state index contributed by atoms with van der Waals surface area (Å²) in [7, 11) is 0. The average molecular weight is 279 g/mol. The Morgan fingerprint density at radius 3 is 2.85 bits per heavy atom. The highest BCUT2D eigenvalue weighted by Crippen LogP contribution is 2.37. The normalized spacial score (nSPS) is 19.3. The molecule has 0 saturated heterocycles. The van der Waals surface area contributed by atoms with E-state index in [4.69, 9.17) is 0 Å². The van der Waals surface area contributed by atoms with Crippen molar-refractivity contribution >= 4 is 11.9 Å². The molecule has 0 N–H and O–H groups in total. The smallest absolute Gasteiger partial charge is 0.248 e. The van der Waals surface area contributed by atoms with Gasteiger partial charge in [0.05, 0.1) is 18.1 Å². The highest BCUT2D eigenvalue weighted by atomic mass is 19.3. The fraction of sp³-hybridized carbons (Fsp3) is 0.500. The number of carbonyl (C=O) groups is 1. The van der Waals surface area contributed by atoms with Gasteiger partial charge in [-0.05, 0) is 31.2 Å². The molecule has 1 fully saturated rings. The van der Waals surface area contributed by atoms with E-state index in [1.165, 1.54) is 6.20 Å². The van der Waals surface area contributed by atoms with Crippen LogP contribution in [-0.4, -0.2) is 26.8 Å². The second kappa shape index (κ2) is 4.92. The van der Waals surface area contributed by atoms with Crippen molar-refractivity contribution in [2.45, 2.75) is 38.0 Å². The number of hydrogen-bond donors (Lipinski definition) is 0. The Bertz CT molecular complexity index is 628. The van der Waals surface area contributed by atoms with Crippen LogP contribution in [0.1, 0.15) is 41.7 Å². The van der Waals surface area contributed by atoms with Gasteiger partial charge in [-0.1, -0.05) is 0 Å². The number of carbonyl (C=O) groups excluding carboxylic acids is 1. The van der Waals surface area contributed by atoms with Crippen molar-refractivity contribution in [3.8, 4) is 0 Å². The predicted octanol–water partition coefficient (Wildman–Crippen LogP) is 2.91. The number of rotatable bonds is 3. The fourth-order valence-electron chi connectivity index (χ4n) is 2.70. The first-order valence-corrected chi connectivity index (χ1v) is 6.73. The van der Waals surface area contributed by atoms with Gasteiger partial charge < -0.3 is 0 Å². The first kappa shape index (κ1) is 13.1. The van der Waals surface area contributed by atoms with Crippen LogP contribution in [0.4, 0.5) is 8.78 Å². The minimum atomic E-state index is -2.49. The van der Waals surface area contributed by atoms with Gasteiger partial charge in [-0.15, -0.1) is 0 Å². The number of aldehydes is 1. The van der Waals surface area contributed by atoms with Crippen LogP contribution in [0.3, 0.4) is 0 Å². The largest absolute Gasteiger partial charge is 0.298 e. The van der Waals surface area contributed by atoms with Gasteiger partial charge in [0.25, 0.3) is 0 Å². The van der Waals surface area contributed by atoms with E-state index in [1.54, 1.807) is 16.8 Å². The van der Waals surface area contributed by atoms with Crippen LogP contribution < -0.4 is 0 Å². The molecular weight excluding hydrogens is 264 g/mol. The molecule has 0 amide bonds. The Morgan fingerprint density at radius 2 is 2.15 bits per heavy atom. The fourth-order valence-corrected chi connectivity index (χ4v) is 2.70. The maximum Gasteiger partial charge on any atom is 0.248 e. The summed E-state index contributed by atoms with van der Waals surface area (Å²) in [4.78, 5) is 15.1. The van der Waals surface area contributed by atoms with Crippen molar-refractivity contribution in [3.63, 3.8) is 0 Å². The monoisotopic (exact) mass is 279 g/mol. The van der Waals surface area contributed by atoms with Gasteiger partial charge in [0.15, 0.2) is 11.9 Å². The van der Waals surface area contributed by atoms with Crippen LogP contribution in [0.15, 0.2) is 18.5 Å². The summed E-state index contributed by atoms with van der Waals surface area (Å²) in [5, 5.41) is 4.09. The lowest BCUT2D eigenvalue weighted by Crippen LogP contribution is -2.25. The third-order valence-electron chi connectivity index (χ3n) is 3.86. The van der Waals surface area contributed by atoms with Crippen molar-refractivity contribution in [2.24, 2.45) is 5.92 Å². The van der Waals surface area contributed by atoms with Gasteiger partial charge in [0.2, 0.25) is 5.92 Å². The lowest BCUT2D eigenvalue weighted by Gasteiger charge is -2.27. The average Bonchev–Trinajstić information content (AvgIpc) is 2.82. The molecule has 0 aromatic carbocycles. The van der Waals surface area contributed by atoms with Crippen molar-refractivity contribution in [2.75, 3.05) is 0 Å². The quantitative estimate of drug-likeness (QED) is 0.812. The van der Waals surface area contributed by atoms with Crippen molar-refractivity contribution in [1.82, 2.24) is 14.6 Å². The van der Waals surface area contributed by atoms with Crippen LogP contribution in [0, 0.1) is 5.92 Å². The van der Waals surface area contributed by atoms with Crippen molar-refractivity contribution < 1.29 is 13.6 Å². The summed E-state index contributed by atoms with van der Waals surface area (Å²) >= 11 is 0. The van der Waals surface area contributed by atoms with Crippen molar-refractivity contribution in [3.05, 3.63) is 29.7 Å². The SMILES string of the molecule is O=Cc1cnn2cc(CC3CCC(F)(F)CC3)nc2c1. The number of nitrogens with zero attached hydrogens (tertiary/aromatic N) is 3. The Kier molecular flexibility index (Phi) is 3.23. The highest BCUT2D eigenvalue weighted by molar-refractivity contribution is 5.75. The molecule has 0 bridgehead atoms. The van der Waals surface area contributed by atoms with Crippen LogP contribution in [0.2, 0.25) is 0 Å². The summed E-state index contributed by atoms with van der Waals surface area (Å²) in [6.45, 7) is 0. The Balaban J connectivity index is 1.73. The van der Waals surface area contributed by atoms with E-state index in [0.717, 1.165) is 12.0 Å². The van der Waals surface area contributed by atoms with Crippen LogP contribution >= 0.6 is 0 Å². The number of aromatic nitrogens is 3. The van der Waals surface area contributed by atoms with Crippen LogP contribution in [-0.2, 0) is 6.42 Å². The molecule has 6 heteroatoms. The topological polar surface area (TPSA) is 47.3 Å². The van der Waals surface area contributed by atoms with Crippen LogP contribution in [0.5, 0.6) is 0 Å². The summed E-state index contributed by atoms with van der Waals surface area (Å²) in [6.07, 6.45) is 5.71. The Labute approximate surface area is 114 Å². The molecule has 1 saturated carbocycles. The van der Waals surface area contributed by atoms with E-state index >= 15 is 0 Å². The number of imidazole rings is 1. The minimum Gasteiger partial charge on any atom is -0.298 e. The molecule has 3 rings (SSSR count). The Morgan fingerprint density at radius 1 is 1.40 bits per heavy atom. The first-order chi connectivity index (χ1) is 9.55. The first-order valence-electron chi connectivity index (χ1n) is 6.73. The molecular formula is C14H15F2N3O. The third kappa shape index (κ3) is 2.69. The molecule has 0 aliphatic heterocycles. The van der Waals surface area contributed by atoms with E-state index in [1.807, 2.05) is 0 Å². The summed E-state index contributed by atoms with van der Waals surface area (Å²) in [5.74, 6) is -2.24. The second-order valence-electron chi connectivity index (χ2n) is 5.45. The molecule has 4 nitrogen and oxygen atoms in total. The van der Waals surface area contributed by atoms with E-state index in [0.29, 0.717) is 30.5 Å². The number of halogens is 2. The number of fused-ring (bicyclic) bond motifs is 1. The zero-order valence-electron chi connectivity index (χ0n) is 10.9. The van der Waals surface area contributed by atoms with E-state index in [9.17, 15) is 13.6 Å². The number of hydrogen-bond acceptors (Lipinski definition) is 3. The number of alkyl halides is 2. The molecule has 0 atom stereocenters. The molecule has 2 aromatic rings. The molecule has 0 unspecified atom stereocenters. The molecule has 106 valence electrons. The highest BCUT2D eigenvalue weighted by Gasteiger charge is 2.34. The zero-order valence-corrected chi connectivity index (χ0v) is 10.9. The third-order valence-corrected chi connectivity index (χ3v) is 3.86. The molecule has 20 heavy (non-hydrogen) atoms. The summed E-state index contributed by atoms with van der Waals surface area (Å²) in [6, 6.07) is 1.67. The maximum atomic E-state index is 13.1. The molecule has 2 aromatic heterocycles. The minimum absolute atomic E-state index is 0.0292. The van der Waals surface area contributed by atoms with Gasteiger partial charge >= 0.3 is 0 Å². The van der Waals surface area contributed by atoms with Crippen LogP contribution in [0.25, 0.3) is 5.65 Å². The summed E-state index contributed by atoms with van der Waals surface area (Å²) < 4.78 is 27.8. The van der Waals surface area contributed by atoms with E-state index in [-0.39, 0.29) is 18.8 Å². The molecule has 2 heterocycles. The van der Waals surface area contributed by atoms with Gasteiger partial charge in [-0.25, -0.2) is 18.3 Å². The zero-order chi connectivity index (χ0) is 14.2. The standard InChI is InChI=1S/C14H15F2N3O/c15-14(16)3-1-10(2-4-14)5-12-8-19-13(18-12)6-11(9-20)7-17-19/h6-10H,1-5H2. The predicted molar refractivity (Wildman–Crippen MR) is 69.0 cm³/mol. The second-order valence-corrected chi connectivity index (χ2v) is 5.45. The molecule has 0 radical (unpaired) electrons. The Hall–Kier alpha value is -1.85. The van der Waals surface area contributed by atoms with Gasteiger partial charge in [0, 0.05) is 18.4 Å². The lowest BCUT2D eigenvalue weighted by molar-refractivity contribution is -0.0457. The van der Waals surface area contributed by atoms with Gasteiger partial charge in [0.1, 0.15) is 0 Å². The van der Waals surface area contributed by atoms with E-state index in [2.05, 4.69) is 10.1 Å². The molecule has 0 spiro atoms. The van der Waals surface area contributed by atoms with Crippen molar-refractivity contribution in [1.29, 1.82) is 0 Å². The summed E-state index contributed by atoms with van der Waals surface area (Å²) in [5.41, 5.74) is 1.94. The molecule has 1 aliphatic rings.